The molecule has 0 unspecified atom stereocenters. The molecular formula is C18H23N3O3. The Bertz CT molecular complexity index is 707. The number of aryl methyl sites for hydroxylation is 2. The number of rotatable bonds is 4. The van der Waals surface area contributed by atoms with Gasteiger partial charge < -0.3 is 19.7 Å². The normalized spacial score (nSPS) is 17.8. The van der Waals surface area contributed by atoms with Crippen LogP contribution in [0.2, 0.25) is 0 Å². The Morgan fingerprint density at radius 1 is 1.46 bits per heavy atom. The molecular weight excluding hydrogens is 306 g/mol. The number of nitrogens with zero attached hydrogens (tertiary/aromatic N) is 2. The van der Waals surface area contributed by atoms with Crippen molar-refractivity contribution < 1.29 is 14.3 Å². The van der Waals surface area contributed by atoms with Crippen molar-refractivity contribution in [2.24, 2.45) is 0 Å². The van der Waals surface area contributed by atoms with Gasteiger partial charge in [-0.25, -0.2) is 4.98 Å². The van der Waals surface area contributed by atoms with Gasteiger partial charge >= 0.3 is 0 Å². The molecule has 1 amide bonds. The lowest BCUT2D eigenvalue weighted by Crippen LogP contribution is -2.42. The van der Waals surface area contributed by atoms with Gasteiger partial charge in [0.2, 0.25) is 5.89 Å². The Balaban J connectivity index is 1.66. The van der Waals surface area contributed by atoms with Crippen LogP contribution >= 0.6 is 0 Å². The molecule has 0 saturated carbocycles. The molecule has 0 bridgehead atoms. The van der Waals surface area contributed by atoms with Crippen LogP contribution in [0, 0.1) is 13.8 Å². The maximum Gasteiger partial charge on any atom is 0.254 e. The van der Waals surface area contributed by atoms with Gasteiger partial charge in [-0.15, -0.1) is 0 Å². The van der Waals surface area contributed by atoms with Gasteiger partial charge in [0.1, 0.15) is 5.76 Å². The second-order valence-corrected chi connectivity index (χ2v) is 6.23. The molecule has 3 rings (SSSR count). The molecule has 6 nitrogen and oxygen atoms in total. The highest BCUT2D eigenvalue weighted by molar-refractivity contribution is 5.95. The number of aromatic nitrogens is 1. The van der Waals surface area contributed by atoms with Crippen molar-refractivity contribution in [3.05, 3.63) is 47.2 Å². The van der Waals surface area contributed by atoms with Crippen molar-refractivity contribution in [1.82, 2.24) is 9.88 Å². The average Bonchev–Trinajstić information content (AvgIpc) is 2.91. The van der Waals surface area contributed by atoms with E-state index in [0.717, 1.165) is 30.0 Å². The summed E-state index contributed by atoms with van der Waals surface area (Å²) in [7, 11) is 0. The van der Waals surface area contributed by atoms with Crippen molar-refractivity contribution in [1.29, 1.82) is 0 Å². The number of aliphatic hydroxyl groups excluding tert-OH is 1. The predicted octanol–water partition coefficient (Wildman–Crippen LogP) is 2.50. The Morgan fingerprint density at radius 2 is 2.29 bits per heavy atom. The Labute approximate surface area is 141 Å². The summed E-state index contributed by atoms with van der Waals surface area (Å²) in [6, 6.07) is 7.38. The summed E-state index contributed by atoms with van der Waals surface area (Å²) in [5.74, 6) is 1.40. The highest BCUT2D eigenvalue weighted by atomic mass is 16.4. The number of piperidine rings is 1. The summed E-state index contributed by atoms with van der Waals surface area (Å²) in [4.78, 5) is 18.6. The van der Waals surface area contributed by atoms with E-state index in [2.05, 4.69) is 10.3 Å². The van der Waals surface area contributed by atoms with Crippen molar-refractivity contribution >= 4 is 11.6 Å². The molecule has 1 aromatic heterocycles. The number of hydrogen-bond acceptors (Lipinski definition) is 5. The van der Waals surface area contributed by atoms with E-state index < -0.39 is 6.10 Å². The van der Waals surface area contributed by atoms with E-state index in [4.69, 9.17) is 4.42 Å². The molecule has 0 radical (unpaired) electrons. The van der Waals surface area contributed by atoms with E-state index in [9.17, 15) is 9.90 Å². The Morgan fingerprint density at radius 3 is 3.00 bits per heavy atom. The third kappa shape index (κ3) is 3.76. The van der Waals surface area contributed by atoms with Crippen LogP contribution < -0.4 is 5.32 Å². The van der Waals surface area contributed by atoms with Gasteiger partial charge in [0, 0.05) is 24.3 Å². The molecule has 1 aromatic carbocycles. The van der Waals surface area contributed by atoms with Gasteiger partial charge in [-0.05, 0) is 44.9 Å². The minimum Gasteiger partial charge on any atom is -0.444 e. The SMILES string of the molecule is Cc1nc(CNc2cccc(C(=O)N3CCC[C@@H](O)C3)c2)oc1C. The lowest BCUT2D eigenvalue weighted by molar-refractivity contribution is 0.0474. The molecule has 1 fully saturated rings. The van der Waals surface area contributed by atoms with Crippen LogP contribution in [0.1, 0.15) is 40.5 Å². The minimum absolute atomic E-state index is 0.0415. The molecule has 24 heavy (non-hydrogen) atoms. The van der Waals surface area contributed by atoms with Gasteiger partial charge in [0.25, 0.3) is 5.91 Å². The summed E-state index contributed by atoms with van der Waals surface area (Å²) in [6.07, 6.45) is 1.19. The van der Waals surface area contributed by atoms with Crippen LogP contribution in [-0.2, 0) is 6.54 Å². The number of oxazole rings is 1. The standard InChI is InChI=1S/C18H23N3O3/c1-12-13(2)24-17(20-12)10-19-15-6-3-5-14(9-15)18(23)21-8-4-7-16(22)11-21/h3,5-6,9,16,19,22H,4,7-8,10-11H2,1-2H3/t16-/m1/s1. The fraction of sp³-hybridized carbons (Fsp3) is 0.444. The van der Waals surface area contributed by atoms with Crippen LogP contribution in [0.15, 0.2) is 28.7 Å². The predicted molar refractivity (Wildman–Crippen MR) is 90.9 cm³/mol. The summed E-state index contributed by atoms with van der Waals surface area (Å²) < 4.78 is 5.54. The van der Waals surface area contributed by atoms with Gasteiger partial charge in [0.15, 0.2) is 0 Å². The molecule has 1 aliphatic heterocycles. The molecule has 0 spiro atoms. The number of carbonyl (C=O) groups is 1. The summed E-state index contributed by atoms with van der Waals surface area (Å²) in [5, 5.41) is 13.0. The molecule has 2 aromatic rings. The molecule has 128 valence electrons. The van der Waals surface area contributed by atoms with Crippen LogP contribution in [0.25, 0.3) is 0 Å². The second-order valence-electron chi connectivity index (χ2n) is 6.23. The van der Waals surface area contributed by atoms with Crippen molar-refractivity contribution in [2.45, 2.75) is 39.3 Å². The first kappa shape index (κ1) is 16.5. The molecule has 1 saturated heterocycles. The third-order valence-corrected chi connectivity index (χ3v) is 4.31. The van der Waals surface area contributed by atoms with E-state index in [0.29, 0.717) is 31.1 Å². The Hall–Kier alpha value is -2.34. The largest absolute Gasteiger partial charge is 0.444 e. The van der Waals surface area contributed by atoms with Crippen molar-refractivity contribution in [3.63, 3.8) is 0 Å². The summed E-state index contributed by atoms with van der Waals surface area (Å²) >= 11 is 0. The van der Waals surface area contributed by atoms with E-state index in [1.807, 2.05) is 32.0 Å². The molecule has 2 heterocycles. The average molecular weight is 329 g/mol. The highest BCUT2D eigenvalue weighted by Crippen LogP contribution is 2.17. The third-order valence-electron chi connectivity index (χ3n) is 4.31. The maximum absolute atomic E-state index is 12.6. The van der Waals surface area contributed by atoms with Gasteiger partial charge in [-0.1, -0.05) is 6.07 Å². The van der Waals surface area contributed by atoms with Gasteiger partial charge in [-0.2, -0.15) is 0 Å². The lowest BCUT2D eigenvalue weighted by atomic mass is 10.1. The van der Waals surface area contributed by atoms with E-state index in [-0.39, 0.29) is 5.91 Å². The first-order chi connectivity index (χ1) is 11.5. The van der Waals surface area contributed by atoms with Crippen molar-refractivity contribution in [3.8, 4) is 0 Å². The minimum atomic E-state index is -0.416. The van der Waals surface area contributed by atoms with Gasteiger partial charge in [0.05, 0.1) is 18.3 Å². The number of carbonyl (C=O) groups excluding carboxylic acids is 1. The zero-order valence-electron chi connectivity index (χ0n) is 14.1. The van der Waals surface area contributed by atoms with Gasteiger partial charge in [-0.3, -0.25) is 4.79 Å². The van der Waals surface area contributed by atoms with Crippen LogP contribution in [0.5, 0.6) is 0 Å². The first-order valence-corrected chi connectivity index (χ1v) is 8.27. The number of hydrogen-bond donors (Lipinski definition) is 2. The quantitative estimate of drug-likeness (QED) is 0.901. The second kappa shape index (κ2) is 7.05. The Kier molecular flexibility index (Phi) is 4.85. The van der Waals surface area contributed by atoms with Crippen LogP contribution in [0.4, 0.5) is 5.69 Å². The summed E-state index contributed by atoms with van der Waals surface area (Å²) in [6.45, 7) is 5.37. The van der Waals surface area contributed by atoms with Crippen molar-refractivity contribution in [2.75, 3.05) is 18.4 Å². The zero-order chi connectivity index (χ0) is 17.1. The number of benzene rings is 1. The maximum atomic E-state index is 12.6. The number of aliphatic hydroxyl groups is 1. The number of β-amino-alcohol motifs (C(OH)–C–C–N with tert-alkyl or cyclic N) is 1. The highest BCUT2D eigenvalue weighted by Gasteiger charge is 2.23. The zero-order valence-corrected chi connectivity index (χ0v) is 14.1. The molecule has 1 atom stereocenters. The molecule has 0 aliphatic carbocycles. The van der Waals surface area contributed by atoms with E-state index in [1.165, 1.54) is 0 Å². The number of nitrogens with one attached hydrogen (secondary N) is 1. The smallest absolute Gasteiger partial charge is 0.254 e. The first-order valence-electron chi connectivity index (χ1n) is 8.27. The number of likely N-dealkylation sites (tertiary alicyclic amines) is 1. The monoisotopic (exact) mass is 329 g/mol. The van der Waals surface area contributed by atoms with Crippen LogP contribution in [0.3, 0.4) is 0 Å². The fourth-order valence-corrected chi connectivity index (χ4v) is 2.88. The molecule has 6 heteroatoms. The summed E-state index contributed by atoms with van der Waals surface area (Å²) in [5.41, 5.74) is 2.35. The lowest BCUT2D eigenvalue weighted by Gasteiger charge is -2.30. The van der Waals surface area contributed by atoms with E-state index in [1.54, 1.807) is 11.0 Å². The molecule has 1 aliphatic rings. The fourth-order valence-electron chi connectivity index (χ4n) is 2.88. The number of anilines is 1. The number of amides is 1. The van der Waals surface area contributed by atoms with Crippen LogP contribution in [-0.4, -0.2) is 40.1 Å². The molecule has 2 N–H and O–H groups in total. The topological polar surface area (TPSA) is 78.6 Å². The van der Waals surface area contributed by atoms with E-state index >= 15 is 0 Å².